The number of esters is 1. The van der Waals surface area contributed by atoms with Crippen LogP contribution < -0.4 is 0 Å². The Morgan fingerprint density at radius 2 is 1.19 bits per heavy atom. The Balaban J connectivity index is 2.65. The number of hydrogen-bond acceptors (Lipinski definition) is 3. The van der Waals surface area contributed by atoms with Crippen LogP contribution in [-0.4, -0.2) is 23.7 Å². The standard InChI is InChI=1S/C27H48O4/c1-24(2,3)18-27(22(28)29,21-16-12-9-13-17-21)26(7,20-14-10-8-11-15-20)23(30)31-19-25(4,5)6/h20-21H,8-19H2,1-7H3,(H,28,29). The summed E-state index contributed by atoms with van der Waals surface area (Å²) < 4.78 is 5.98. The topological polar surface area (TPSA) is 63.6 Å². The van der Waals surface area contributed by atoms with Crippen molar-refractivity contribution < 1.29 is 19.4 Å². The number of carboxylic acids is 1. The van der Waals surface area contributed by atoms with Crippen LogP contribution >= 0.6 is 0 Å². The van der Waals surface area contributed by atoms with Crippen LogP contribution in [0.3, 0.4) is 0 Å². The molecule has 0 heterocycles. The van der Waals surface area contributed by atoms with Crippen LogP contribution in [0.4, 0.5) is 0 Å². The SMILES string of the molecule is CC(C)(C)COC(=O)C(C)(C1CCCCC1)C(CC(C)(C)C)(C(=O)O)C1CCCCC1. The minimum Gasteiger partial charge on any atom is -0.481 e. The second-order valence-corrected chi connectivity index (χ2v) is 13.0. The van der Waals surface area contributed by atoms with Gasteiger partial charge in [-0.25, -0.2) is 0 Å². The number of ether oxygens (including phenoxy) is 1. The molecule has 0 aromatic heterocycles. The highest BCUT2D eigenvalue weighted by atomic mass is 16.5. The van der Waals surface area contributed by atoms with Crippen molar-refractivity contribution in [1.29, 1.82) is 0 Å². The zero-order chi connectivity index (χ0) is 23.5. The summed E-state index contributed by atoms with van der Waals surface area (Å²) in [6, 6.07) is 0. The molecule has 0 aromatic rings. The van der Waals surface area contributed by atoms with Gasteiger partial charge in [-0.05, 0) is 61.7 Å². The molecule has 1 N–H and O–H groups in total. The minimum atomic E-state index is -1.09. The van der Waals surface area contributed by atoms with E-state index in [-0.39, 0.29) is 28.6 Å². The van der Waals surface area contributed by atoms with Crippen molar-refractivity contribution in [2.45, 2.75) is 119 Å². The van der Waals surface area contributed by atoms with Gasteiger partial charge >= 0.3 is 11.9 Å². The van der Waals surface area contributed by atoms with E-state index < -0.39 is 16.8 Å². The molecule has 2 aliphatic carbocycles. The molecule has 0 saturated heterocycles. The van der Waals surface area contributed by atoms with Gasteiger partial charge in [-0.2, -0.15) is 0 Å². The predicted octanol–water partition coefficient (Wildman–Crippen LogP) is 7.25. The lowest BCUT2D eigenvalue weighted by molar-refractivity contribution is -0.199. The summed E-state index contributed by atoms with van der Waals surface area (Å²) in [6.45, 7) is 14.8. The van der Waals surface area contributed by atoms with Gasteiger partial charge in [0.25, 0.3) is 0 Å². The van der Waals surface area contributed by atoms with Gasteiger partial charge in [0.15, 0.2) is 0 Å². The second kappa shape index (κ2) is 9.83. The fourth-order valence-corrected chi connectivity index (χ4v) is 6.48. The lowest BCUT2D eigenvalue weighted by Crippen LogP contribution is -2.61. The Labute approximate surface area is 190 Å². The molecular weight excluding hydrogens is 388 g/mol. The van der Waals surface area contributed by atoms with Crippen LogP contribution in [0, 0.1) is 33.5 Å². The molecule has 4 heteroatoms. The molecule has 31 heavy (non-hydrogen) atoms. The molecule has 0 radical (unpaired) electrons. The number of hydrogen-bond donors (Lipinski definition) is 1. The quantitative estimate of drug-likeness (QED) is 0.427. The molecule has 2 saturated carbocycles. The largest absolute Gasteiger partial charge is 0.481 e. The van der Waals surface area contributed by atoms with Gasteiger partial charge in [-0.1, -0.05) is 80.1 Å². The summed E-state index contributed by atoms with van der Waals surface area (Å²) in [5, 5.41) is 11.0. The molecule has 0 amide bonds. The van der Waals surface area contributed by atoms with Gasteiger partial charge < -0.3 is 9.84 Å². The molecule has 180 valence electrons. The summed E-state index contributed by atoms with van der Waals surface area (Å²) in [4.78, 5) is 27.4. The molecule has 0 aromatic carbocycles. The van der Waals surface area contributed by atoms with E-state index in [2.05, 4.69) is 41.5 Å². The number of carbonyl (C=O) groups excluding carboxylic acids is 1. The summed E-state index contributed by atoms with van der Waals surface area (Å²) in [5.41, 5.74) is -2.46. The van der Waals surface area contributed by atoms with E-state index in [1.807, 2.05) is 6.92 Å². The first kappa shape index (κ1) is 26.2. The fourth-order valence-electron chi connectivity index (χ4n) is 6.48. The van der Waals surface area contributed by atoms with Crippen molar-refractivity contribution in [3.63, 3.8) is 0 Å². The molecule has 4 nitrogen and oxygen atoms in total. The van der Waals surface area contributed by atoms with Crippen LogP contribution in [0.15, 0.2) is 0 Å². The van der Waals surface area contributed by atoms with E-state index in [4.69, 9.17) is 4.74 Å². The van der Waals surface area contributed by atoms with Gasteiger partial charge in [0.2, 0.25) is 0 Å². The van der Waals surface area contributed by atoms with Crippen LogP contribution in [0.1, 0.15) is 119 Å². The van der Waals surface area contributed by atoms with Crippen LogP contribution in [0.2, 0.25) is 0 Å². The molecule has 0 aliphatic heterocycles. The van der Waals surface area contributed by atoms with E-state index in [9.17, 15) is 14.7 Å². The lowest BCUT2D eigenvalue weighted by atomic mass is 9.46. The highest BCUT2D eigenvalue weighted by Gasteiger charge is 2.66. The Kier molecular flexibility index (Phi) is 8.31. The van der Waals surface area contributed by atoms with Crippen molar-refractivity contribution in [1.82, 2.24) is 0 Å². The van der Waals surface area contributed by atoms with E-state index in [0.717, 1.165) is 57.8 Å². The molecule has 2 fully saturated rings. The molecular formula is C27H48O4. The van der Waals surface area contributed by atoms with Gasteiger partial charge in [0, 0.05) is 0 Å². The van der Waals surface area contributed by atoms with E-state index >= 15 is 0 Å². The highest BCUT2D eigenvalue weighted by Crippen LogP contribution is 2.61. The maximum Gasteiger partial charge on any atom is 0.313 e. The maximum absolute atomic E-state index is 14.0. The molecule has 2 rings (SSSR count). The Morgan fingerprint density at radius 3 is 1.58 bits per heavy atom. The van der Waals surface area contributed by atoms with Crippen LogP contribution in [-0.2, 0) is 14.3 Å². The zero-order valence-corrected chi connectivity index (χ0v) is 21.3. The number of carbonyl (C=O) groups is 2. The number of aliphatic carboxylic acids is 1. The first-order valence-electron chi connectivity index (χ1n) is 12.6. The normalized spacial score (nSPS) is 23.6. The number of carboxylic acid groups (broad SMARTS) is 1. The lowest BCUT2D eigenvalue weighted by Gasteiger charge is -2.55. The average molecular weight is 437 g/mol. The molecule has 2 unspecified atom stereocenters. The fraction of sp³-hybridized carbons (Fsp3) is 0.926. The van der Waals surface area contributed by atoms with Crippen molar-refractivity contribution in [2.24, 2.45) is 33.5 Å². The second-order valence-electron chi connectivity index (χ2n) is 13.0. The first-order chi connectivity index (χ1) is 14.2. The monoisotopic (exact) mass is 436 g/mol. The molecule has 2 atom stereocenters. The van der Waals surface area contributed by atoms with Gasteiger partial charge in [0.05, 0.1) is 17.4 Å². The van der Waals surface area contributed by atoms with Crippen molar-refractivity contribution in [2.75, 3.05) is 6.61 Å². The highest BCUT2D eigenvalue weighted by molar-refractivity contribution is 5.88. The summed E-state index contributed by atoms with van der Waals surface area (Å²) in [6.07, 6.45) is 10.8. The third-order valence-corrected chi connectivity index (χ3v) is 7.90. The third-order valence-electron chi connectivity index (χ3n) is 7.90. The third kappa shape index (κ3) is 5.85. The maximum atomic E-state index is 14.0. The van der Waals surface area contributed by atoms with Gasteiger partial charge in [0.1, 0.15) is 0 Å². The molecule has 2 aliphatic rings. The minimum absolute atomic E-state index is 0.0205. The van der Waals surface area contributed by atoms with Crippen LogP contribution in [0.25, 0.3) is 0 Å². The zero-order valence-electron chi connectivity index (χ0n) is 21.3. The van der Waals surface area contributed by atoms with E-state index in [1.54, 1.807) is 0 Å². The van der Waals surface area contributed by atoms with Crippen molar-refractivity contribution in [3.8, 4) is 0 Å². The predicted molar refractivity (Wildman–Crippen MR) is 126 cm³/mol. The molecule has 0 bridgehead atoms. The summed E-state index contributed by atoms with van der Waals surface area (Å²) >= 11 is 0. The number of rotatable bonds is 7. The molecule has 0 spiro atoms. The smallest absolute Gasteiger partial charge is 0.313 e. The summed E-state index contributed by atoms with van der Waals surface area (Å²) in [5.74, 6) is -0.970. The van der Waals surface area contributed by atoms with E-state index in [1.165, 1.54) is 6.42 Å². The Bertz CT molecular complexity index is 614. The summed E-state index contributed by atoms with van der Waals surface area (Å²) in [7, 11) is 0. The van der Waals surface area contributed by atoms with Crippen LogP contribution in [0.5, 0.6) is 0 Å². The van der Waals surface area contributed by atoms with Gasteiger partial charge in [-0.15, -0.1) is 0 Å². The van der Waals surface area contributed by atoms with Crippen molar-refractivity contribution in [3.05, 3.63) is 0 Å². The van der Waals surface area contributed by atoms with Crippen molar-refractivity contribution >= 4 is 11.9 Å². The average Bonchev–Trinajstić information content (AvgIpc) is 2.69. The van der Waals surface area contributed by atoms with Gasteiger partial charge in [-0.3, -0.25) is 9.59 Å². The first-order valence-corrected chi connectivity index (χ1v) is 12.6. The Morgan fingerprint density at radius 1 is 0.742 bits per heavy atom. The van der Waals surface area contributed by atoms with E-state index in [0.29, 0.717) is 13.0 Å². The Hall–Kier alpha value is -1.06.